The minimum absolute atomic E-state index is 0.0255. The Morgan fingerprint density at radius 2 is 2.33 bits per heavy atom. The molecular formula is C7H10O2. The Bertz CT molecular complexity index is 177. The summed E-state index contributed by atoms with van der Waals surface area (Å²) in [6, 6.07) is 0. The third-order valence-electron chi connectivity index (χ3n) is 1.75. The van der Waals surface area contributed by atoms with Gasteiger partial charge in [0.15, 0.2) is 5.78 Å². The predicted octanol–water partition coefficient (Wildman–Crippen LogP) is 0.657. The van der Waals surface area contributed by atoms with Crippen molar-refractivity contribution in [1.82, 2.24) is 0 Å². The van der Waals surface area contributed by atoms with Crippen molar-refractivity contribution in [2.75, 3.05) is 0 Å². The third kappa shape index (κ3) is 1.03. The maximum Gasteiger partial charge on any atom is 0.158 e. The van der Waals surface area contributed by atoms with Gasteiger partial charge in [0.25, 0.3) is 0 Å². The Kier molecular flexibility index (Phi) is 1.21. The average molecular weight is 126 g/mol. The molecule has 0 radical (unpaired) electrons. The van der Waals surface area contributed by atoms with Gasteiger partial charge < -0.3 is 5.11 Å². The van der Waals surface area contributed by atoms with Crippen LogP contribution in [0.25, 0.3) is 0 Å². The Morgan fingerprint density at radius 3 is 2.44 bits per heavy atom. The van der Waals surface area contributed by atoms with Crippen LogP contribution in [0.3, 0.4) is 0 Å². The van der Waals surface area contributed by atoms with Gasteiger partial charge in [0.05, 0.1) is 5.60 Å². The van der Waals surface area contributed by atoms with E-state index < -0.39 is 5.60 Å². The van der Waals surface area contributed by atoms with Crippen LogP contribution in [-0.2, 0) is 4.79 Å². The van der Waals surface area contributed by atoms with Crippen LogP contribution in [0, 0.1) is 0 Å². The fourth-order valence-corrected chi connectivity index (χ4v) is 0.927. The highest BCUT2D eigenvalue weighted by Gasteiger charge is 2.31. The number of aliphatic hydroxyl groups is 1. The molecule has 1 atom stereocenters. The lowest BCUT2D eigenvalue weighted by Gasteiger charge is -2.15. The number of rotatable bonds is 0. The van der Waals surface area contributed by atoms with E-state index in [-0.39, 0.29) is 12.2 Å². The highest BCUT2D eigenvalue weighted by atomic mass is 16.3. The van der Waals surface area contributed by atoms with Gasteiger partial charge in [0.1, 0.15) is 0 Å². The molecule has 0 bridgehead atoms. The van der Waals surface area contributed by atoms with Crippen LogP contribution in [0.1, 0.15) is 20.3 Å². The summed E-state index contributed by atoms with van der Waals surface area (Å²) in [5.41, 5.74) is -0.0932. The molecule has 0 saturated carbocycles. The van der Waals surface area contributed by atoms with E-state index in [9.17, 15) is 9.90 Å². The summed E-state index contributed by atoms with van der Waals surface area (Å²) in [7, 11) is 0. The van der Waals surface area contributed by atoms with E-state index in [4.69, 9.17) is 0 Å². The van der Waals surface area contributed by atoms with E-state index in [1.807, 2.05) is 0 Å². The summed E-state index contributed by atoms with van der Waals surface area (Å²) in [5.74, 6) is 0.0255. The highest BCUT2D eigenvalue weighted by molar-refractivity contribution is 5.94. The summed E-state index contributed by atoms with van der Waals surface area (Å²) in [4.78, 5) is 10.6. The second-order valence-corrected chi connectivity index (χ2v) is 2.74. The Morgan fingerprint density at radius 1 is 1.78 bits per heavy atom. The maximum absolute atomic E-state index is 10.6. The van der Waals surface area contributed by atoms with E-state index in [0.717, 1.165) is 5.57 Å². The first kappa shape index (κ1) is 6.49. The first-order valence-corrected chi connectivity index (χ1v) is 2.96. The fraction of sp³-hybridized carbons (Fsp3) is 0.571. The number of ketones is 1. The van der Waals surface area contributed by atoms with Gasteiger partial charge in [-0.15, -0.1) is 0 Å². The van der Waals surface area contributed by atoms with Crippen molar-refractivity contribution < 1.29 is 9.90 Å². The van der Waals surface area contributed by atoms with Gasteiger partial charge in [0.2, 0.25) is 0 Å². The lowest BCUT2D eigenvalue weighted by atomic mass is 10.0. The molecule has 1 N–H and O–H groups in total. The van der Waals surface area contributed by atoms with Gasteiger partial charge in [-0.1, -0.05) is 0 Å². The van der Waals surface area contributed by atoms with Crippen molar-refractivity contribution in [3.8, 4) is 0 Å². The van der Waals surface area contributed by atoms with Crippen LogP contribution in [0.5, 0.6) is 0 Å². The second-order valence-electron chi connectivity index (χ2n) is 2.74. The van der Waals surface area contributed by atoms with Crippen LogP contribution < -0.4 is 0 Å². The average Bonchev–Trinajstić information content (AvgIpc) is 1.79. The molecule has 0 spiro atoms. The summed E-state index contributed by atoms with van der Waals surface area (Å²) in [6.45, 7) is 3.43. The third-order valence-corrected chi connectivity index (χ3v) is 1.75. The first-order chi connectivity index (χ1) is 4.02. The molecule has 1 aliphatic carbocycles. The molecule has 1 aliphatic rings. The van der Waals surface area contributed by atoms with Crippen molar-refractivity contribution in [2.45, 2.75) is 25.9 Å². The molecule has 2 heteroatoms. The van der Waals surface area contributed by atoms with E-state index in [1.165, 1.54) is 6.08 Å². The normalized spacial score (nSPS) is 35.0. The van der Waals surface area contributed by atoms with E-state index in [0.29, 0.717) is 0 Å². The van der Waals surface area contributed by atoms with Gasteiger partial charge in [-0.3, -0.25) is 4.79 Å². The van der Waals surface area contributed by atoms with E-state index in [1.54, 1.807) is 13.8 Å². The summed E-state index contributed by atoms with van der Waals surface area (Å²) < 4.78 is 0. The zero-order chi connectivity index (χ0) is 7.07. The Hall–Kier alpha value is -0.630. The minimum atomic E-state index is -0.864. The number of hydrogen-bond acceptors (Lipinski definition) is 2. The summed E-state index contributed by atoms with van der Waals surface area (Å²) in [5, 5.41) is 9.34. The quantitative estimate of drug-likeness (QED) is 0.517. The van der Waals surface area contributed by atoms with E-state index >= 15 is 0 Å². The predicted molar refractivity (Wildman–Crippen MR) is 34.0 cm³/mol. The van der Waals surface area contributed by atoms with Crippen molar-refractivity contribution in [2.24, 2.45) is 0 Å². The minimum Gasteiger partial charge on any atom is -0.385 e. The van der Waals surface area contributed by atoms with Crippen molar-refractivity contribution >= 4 is 5.78 Å². The lowest BCUT2D eigenvalue weighted by molar-refractivity contribution is -0.116. The molecule has 9 heavy (non-hydrogen) atoms. The number of hydrogen-bond donors (Lipinski definition) is 1. The van der Waals surface area contributed by atoms with Crippen molar-refractivity contribution in [3.05, 3.63) is 11.6 Å². The molecule has 0 heterocycles. The molecule has 0 aromatic rings. The Balaban J connectivity index is 2.89. The van der Waals surface area contributed by atoms with Crippen LogP contribution in [0.15, 0.2) is 11.6 Å². The van der Waals surface area contributed by atoms with Gasteiger partial charge in [-0.2, -0.15) is 0 Å². The number of allylic oxidation sites excluding steroid dienone is 1. The molecule has 0 aliphatic heterocycles. The molecule has 50 valence electrons. The number of carbonyl (C=O) groups excluding carboxylic acids is 1. The maximum atomic E-state index is 10.6. The largest absolute Gasteiger partial charge is 0.385 e. The van der Waals surface area contributed by atoms with Crippen LogP contribution in [-0.4, -0.2) is 16.5 Å². The van der Waals surface area contributed by atoms with Gasteiger partial charge in [-0.05, 0) is 25.5 Å². The standard InChI is InChI=1S/C7H10O2/c1-5-3-6(8)4-7(5,2)9/h3,9H,4H2,1-2H3/t7-/m0/s1. The SMILES string of the molecule is CC1=CC(=O)C[C@]1(C)O. The molecule has 0 aromatic carbocycles. The monoisotopic (exact) mass is 126 g/mol. The van der Waals surface area contributed by atoms with Crippen LogP contribution in [0.2, 0.25) is 0 Å². The van der Waals surface area contributed by atoms with Gasteiger partial charge >= 0.3 is 0 Å². The molecule has 0 fully saturated rings. The molecule has 1 rings (SSSR count). The molecular weight excluding hydrogens is 116 g/mol. The second kappa shape index (κ2) is 1.67. The molecule has 0 aromatic heterocycles. The van der Waals surface area contributed by atoms with Crippen molar-refractivity contribution in [1.29, 1.82) is 0 Å². The van der Waals surface area contributed by atoms with Crippen LogP contribution >= 0.6 is 0 Å². The number of carbonyl (C=O) groups is 1. The molecule has 0 unspecified atom stereocenters. The lowest BCUT2D eigenvalue weighted by Crippen LogP contribution is -2.22. The zero-order valence-corrected chi connectivity index (χ0v) is 5.64. The highest BCUT2D eigenvalue weighted by Crippen LogP contribution is 2.26. The van der Waals surface area contributed by atoms with Crippen LogP contribution in [0.4, 0.5) is 0 Å². The van der Waals surface area contributed by atoms with Gasteiger partial charge in [-0.25, -0.2) is 0 Å². The molecule has 0 amide bonds. The fourth-order valence-electron chi connectivity index (χ4n) is 0.927. The summed E-state index contributed by atoms with van der Waals surface area (Å²) in [6.07, 6.45) is 1.75. The molecule has 0 saturated heterocycles. The van der Waals surface area contributed by atoms with Gasteiger partial charge in [0, 0.05) is 6.42 Å². The first-order valence-electron chi connectivity index (χ1n) is 2.96. The van der Waals surface area contributed by atoms with E-state index in [2.05, 4.69) is 0 Å². The Labute approximate surface area is 54.2 Å². The molecule has 2 nitrogen and oxygen atoms in total. The topological polar surface area (TPSA) is 37.3 Å². The smallest absolute Gasteiger partial charge is 0.158 e. The zero-order valence-electron chi connectivity index (χ0n) is 5.64. The van der Waals surface area contributed by atoms with Crippen molar-refractivity contribution in [3.63, 3.8) is 0 Å². The summed E-state index contributed by atoms with van der Waals surface area (Å²) >= 11 is 0.